The highest BCUT2D eigenvalue weighted by atomic mass is 127. The van der Waals surface area contributed by atoms with Gasteiger partial charge in [-0.15, -0.1) is 24.0 Å². The van der Waals surface area contributed by atoms with Crippen molar-refractivity contribution in [3.8, 4) is 0 Å². The second kappa shape index (κ2) is 12.0. The van der Waals surface area contributed by atoms with Gasteiger partial charge >= 0.3 is 0 Å². The maximum atomic E-state index is 13.1. The number of benzene rings is 1. The van der Waals surface area contributed by atoms with Gasteiger partial charge in [0.15, 0.2) is 5.96 Å². The van der Waals surface area contributed by atoms with Crippen LogP contribution in [0.15, 0.2) is 29.3 Å². The summed E-state index contributed by atoms with van der Waals surface area (Å²) >= 11 is 0. The summed E-state index contributed by atoms with van der Waals surface area (Å²) in [6.07, 6.45) is 3.47. The summed E-state index contributed by atoms with van der Waals surface area (Å²) in [5, 5.41) is 8.65. The van der Waals surface area contributed by atoms with Gasteiger partial charge < -0.3 is 20.7 Å². The molecule has 1 amide bonds. The van der Waals surface area contributed by atoms with Crippen molar-refractivity contribution in [2.24, 2.45) is 10.9 Å². The summed E-state index contributed by atoms with van der Waals surface area (Å²) in [7, 11) is 1.64. The second-order valence-corrected chi connectivity index (χ2v) is 5.78. The molecule has 1 saturated carbocycles. The quantitative estimate of drug-likeness (QED) is 0.227. The van der Waals surface area contributed by atoms with Crippen LogP contribution in [0, 0.1) is 11.7 Å². The van der Waals surface area contributed by atoms with Gasteiger partial charge in [0, 0.05) is 32.5 Å². The third-order valence-corrected chi connectivity index (χ3v) is 3.56. The van der Waals surface area contributed by atoms with Crippen LogP contribution >= 0.6 is 24.0 Å². The number of amides is 1. The maximum Gasteiger partial charge on any atom is 0.243 e. The van der Waals surface area contributed by atoms with E-state index in [0.29, 0.717) is 11.6 Å². The highest BCUT2D eigenvalue weighted by molar-refractivity contribution is 14.0. The molecule has 25 heavy (non-hydrogen) atoms. The molecule has 6 nitrogen and oxygen atoms in total. The average Bonchev–Trinajstić information content (AvgIpc) is 3.37. The van der Waals surface area contributed by atoms with Gasteiger partial charge in [-0.05, 0) is 43.4 Å². The van der Waals surface area contributed by atoms with Crippen LogP contribution in [-0.2, 0) is 9.53 Å². The first-order chi connectivity index (χ1) is 11.7. The van der Waals surface area contributed by atoms with Crippen LogP contribution in [0.25, 0.3) is 0 Å². The minimum atomic E-state index is -0.387. The van der Waals surface area contributed by atoms with E-state index in [4.69, 9.17) is 4.74 Å². The van der Waals surface area contributed by atoms with Crippen LogP contribution in [-0.4, -0.2) is 45.2 Å². The highest BCUT2D eigenvalue weighted by Crippen LogP contribution is 2.28. The number of carbonyl (C=O) groups excluding carboxylic acids is 1. The molecule has 0 saturated heterocycles. The number of guanidine groups is 1. The van der Waals surface area contributed by atoms with E-state index in [9.17, 15) is 9.18 Å². The van der Waals surface area contributed by atoms with Crippen LogP contribution in [0.3, 0.4) is 0 Å². The number of halogens is 2. The number of aliphatic imine (C=N–C) groups is 1. The Hall–Kier alpha value is -1.42. The molecule has 0 aliphatic heterocycles. The molecule has 1 aliphatic rings. The molecule has 0 atom stereocenters. The second-order valence-electron chi connectivity index (χ2n) is 5.78. The van der Waals surface area contributed by atoms with E-state index in [2.05, 4.69) is 20.9 Å². The molecule has 0 spiro atoms. The van der Waals surface area contributed by atoms with Crippen LogP contribution in [0.4, 0.5) is 10.1 Å². The lowest BCUT2D eigenvalue weighted by Crippen LogP contribution is -2.41. The molecule has 0 heterocycles. The first kappa shape index (κ1) is 21.6. The molecular weight excluding hydrogens is 438 g/mol. The predicted molar refractivity (Wildman–Crippen MR) is 108 cm³/mol. The Morgan fingerprint density at radius 2 is 2.16 bits per heavy atom. The monoisotopic (exact) mass is 464 g/mol. The molecule has 0 radical (unpaired) electrons. The van der Waals surface area contributed by atoms with Crippen molar-refractivity contribution >= 4 is 41.5 Å². The minimum absolute atomic E-state index is 0. The summed E-state index contributed by atoms with van der Waals surface area (Å²) in [5.41, 5.74) is 0.428. The van der Waals surface area contributed by atoms with Gasteiger partial charge in [0.05, 0.1) is 6.54 Å². The lowest BCUT2D eigenvalue weighted by atomic mass is 10.3. The molecule has 0 bridgehead atoms. The van der Waals surface area contributed by atoms with Crippen molar-refractivity contribution in [1.82, 2.24) is 10.6 Å². The number of hydrogen-bond acceptors (Lipinski definition) is 3. The fraction of sp³-hybridized carbons (Fsp3) is 0.529. The Bertz CT molecular complexity index is 567. The number of anilines is 1. The minimum Gasteiger partial charge on any atom is -0.381 e. The highest BCUT2D eigenvalue weighted by Gasteiger charge is 2.20. The van der Waals surface area contributed by atoms with Gasteiger partial charge in [0.25, 0.3) is 0 Å². The third kappa shape index (κ3) is 9.59. The molecule has 1 fully saturated rings. The van der Waals surface area contributed by atoms with Gasteiger partial charge in [-0.3, -0.25) is 9.79 Å². The smallest absolute Gasteiger partial charge is 0.243 e. The molecule has 1 aromatic rings. The van der Waals surface area contributed by atoms with Crippen molar-refractivity contribution in [3.63, 3.8) is 0 Å². The van der Waals surface area contributed by atoms with Gasteiger partial charge in [0.2, 0.25) is 5.91 Å². The zero-order valence-electron chi connectivity index (χ0n) is 14.4. The SMILES string of the molecule is CN=C(NCCCOCC1CC1)NCC(=O)Nc1cccc(F)c1.I. The van der Waals surface area contributed by atoms with E-state index in [1.54, 1.807) is 19.2 Å². The molecule has 0 aromatic heterocycles. The first-order valence-electron chi connectivity index (χ1n) is 8.25. The lowest BCUT2D eigenvalue weighted by molar-refractivity contribution is -0.115. The number of nitrogens with zero attached hydrogens (tertiary/aromatic N) is 1. The zero-order valence-corrected chi connectivity index (χ0v) is 16.7. The predicted octanol–water partition coefficient (Wildman–Crippen LogP) is 2.36. The first-order valence-corrected chi connectivity index (χ1v) is 8.25. The topological polar surface area (TPSA) is 74.8 Å². The van der Waals surface area contributed by atoms with E-state index in [-0.39, 0.29) is 42.2 Å². The molecular formula is C17H26FIN4O2. The molecule has 3 N–H and O–H groups in total. The Morgan fingerprint density at radius 1 is 1.36 bits per heavy atom. The summed E-state index contributed by atoms with van der Waals surface area (Å²) in [4.78, 5) is 15.9. The molecule has 1 aliphatic carbocycles. The van der Waals surface area contributed by atoms with Crippen LogP contribution in [0.1, 0.15) is 19.3 Å². The molecule has 140 valence electrons. The summed E-state index contributed by atoms with van der Waals surface area (Å²) in [5.74, 6) is 0.675. The maximum absolute atomic E-state index is 13.1. The number of nitrogens with one attached hydrogen (secondary N) is 3. The van der Waals surface area contributed by atoms with E-state index < -0.39 is 0 Å². The Labute approximate surface area is 165 Å². The number of rotatable bonds is 9. The number of ether oxygens (including phenoxy) is 1. The third-order valence-electron chi connectivity index (χ3n) is 3.56. The Balaban J connectivity index is 0.00000312. The van der Waals surface area contributed by atoms with Gasteiger partial charge in [-0.2, -0.15) is 0 Å². The van der Waals surface area contributed by atoms with Crippen LogP contribution in [0.5, 0.6) is 0 Å². The molecule has 8 heteroatoms. The van der Waals surface area contributed by atoms with Gasteiger partial charge in [-0.25, -0.2) is 4.39 Å². The van der Waals surface area contributed by atoms with Gasteiger partial charge in [-0.1, -0.05) is 6.07 Å². The van der Waals surface area contributed by atoms with E-state index in [1.807, 2.05) is 0 Å². The van der Waals surface area contributed by atoms with Crippen LogP contribution in [0.2, 0.25) is 0 Å². The molecule has 2 rings (SSSR count). The summed E-state index contributed by atoms with van der Waals surface area (Å²) in [6.45, 7) is 2.36. The van der Waals surface area contributed by atoms with Crippen molar-refractivity contribution in [3.05, 3.63) is 30.1 Å². The Kier molecular flexibility index (Phi) is 10.4. The van der Waals surface area contributed by atoms with Crippen molar-refractivity contribution in [2.45, 2.75) is 19.3 Å². The molecule has 1 aromatic carbocycles. The summed E-state index contributed by atoms with van der Waals surface area (Å²) in [6, 6.07) is 5.78. The van der Waals surface area contributed by atoms with E-state index >= 15 is 0 Å². The van der Waals surface area contributed by atoms with Crippen molar-refractivity contribution < 1.29 is 13.9 Å². The largest absolute Gasteiger partial charge is 0.381 e. The normalized spacial score (nSPS) is 13.8. The standard InChI is InChI=1S/C17H25FN4O2.HI/c1-19-17(20-8-3-9-24-12-13-6-7-13)21-11-16(23)22-15-5-2-4-14(18)10-15;/h2,4-5,10,13H,3,6-9,11-12H2,1H3,(H,22,23)(H2,19,20,21);1H. The molecule has 0 unspecified atom stereocenters. The van der Waals surface area contributed by atoms with Crippen LogP contribution < -0.4 is 16.0 Å². The number of hydrogen-bond donors (Lipinski definition) is 3. The van der Waals surface area contributed by atoms with E-state index in [1.165, 1.54) is 25.0 Å². The van der Waals surface area contributed by atoms with Crippen molar-refractivity contribution in [1.29, 1.82) is 0 Å². The average molecular weight is 464 g/mol. The lowest BCUT2D eigenvalue weighted by Gasteiger charge is -2.12. The van der Waals surface area contributed by atoms with E-state index in [0.717, 1.165) is 32.1 Å². The fourth-order valence-corrected chi connectivity index (χ4v) is 2.07. The fourth-order valence-electron chi connectivity index (χ4n) is 2.07. The Morgan fingerprint density at radius 3 is 2.84 bits per heavy atom. The van der Waals surface area contributed by atoms with Gasteiger partial charge in [0.1, 0.15) is 5.82 Å². The number of carbonyl (C=O) groups is 1. The summed E-state index contributed by atoms with van der Waals surface area (Å²) < 4.78 is 18.6. The van der Waals surface area contributed by atoms with Crippen molar-refractivity contribution in [2.75, 3.05) is 38.7 Å². The zero-order chi connectivity index (χ0) is 17.2.